The molecule has 0 aliphatic heterocycles. The van der Waals surface area contributed by atoms with Gasteiger partial charge in [-0.05, 0) is 35.9 Å². The Morgan fingerprint density at radius 1 is 1.00 bits per heavy atom. The predicted octanol–water partition coefficient (Wildman–Crippen LogP) is 3.26. The van der Waals surface area contributed by atoms with Gasteiger partial charge >= 0.3 is 0 Å². The van der Waals surface area contributed by atoms with Crippen LogP contribution in [0.15, 0.2) is 84.1 Å². The van der Waals surface area contributed by atoms with Gasteiger partial charge in [-0.2, -0.15) is 0 Å². The fourth-order valence-corrected chi connectivity index (χ4v) is 4.23. The van der Waals surface area contributed by atoms with Gasteiger partial charge in [0.1, 0.15) is 17.0 Å². The monoisotopic (exact) mass is 382 g/mol. The van der Waals surface area contributed by atoms with Crippen molar-refractivity contribution in [2.24, 2.45) is 0 Å². The lowest BCUT2D eigenvalue weighted by Crippen LogP contribution is -2.30. The van der Waals surface area contributed by atoms with Crippen molar-refractivity contribution in [3.8, 4) is 0 Å². The molecule has 0 amide bonds. The Morgan fingerprint density at radius 3 is 2.59 bits per heavy atom. The molecular weight excluding hydrogens is 367 g/mol. The zero-order valence-corrected chi connectivity index (χ0v) is 14.9. The normalized spacial score (nSPS) is 11.6. The van der Waals surface area contributed by atoms with Gasteiger partial charge in [-0.1, -0.05) is 36.4 Å². The van der Waals surface area contributed by atoms with E-state index in [0.29, 0.717) is 5.65 Å². The molecule has 0 radical (unpaired) electrons. The van der Waals surface area contributed by atoms with E-state index in [1.165, 1.54) is 45.5 Å². The van der Waals surface area contributed by atoms with E-state index in [9.17, 15) is 12.8 Å². The summed E-state index contributed by atoms with van der Waals surface area (Å²) in [7, 11) is -3.95. The molecule has 8 heteroatoms. The third-order valence-corrected chi connectivity index (χ3v) is 5.87. The molecule has 2 heterocycles. The first-order chi connectivity index (χ1) is 13.0. The second-order valence-corrected chi connectivity index (χ2v) is 7.80. The molecule has 0 N–H and O–H groups in total. The summed E-state index contributed by atoms with van der Waals surface area (Å²) in [5.74, 6) is -0.505. The molecular formula is C19H15FN4O2S. The fourth-order valence-electron chi connectivity index (χ4n) is 2.78. The molecule has 0 aliphatic carbocycles. The van der Waals surface area contributed by atoms with Crippen LogP contribution in [-0.4, -0.2) is 23.0 Å². The summed E-state index contributed by atoms with van der Waals surface area (Å²) in [6.07, 6.45) is 2.88. The fraction of sp³-hybridized carbons (Fsp3) is 0.0526. The zero-order chi connectivity index (χ0) is 18.9. The summed E-state index contributed by atoms with van der Waals surface area (Å²) in [6, 6.07) is 17.7. The van der Waals surface area contributed by atoms with E-state index in [1.54, 1.807) is 12.1 Å². The van der Waals surface area contributed by atoms with Crippen LogP contribution in [0.1, 0.15) is 5.56 Å². The number of aromatic nitrogens is 3. The molecule has 0 saturated carbocycles. The smallest absolute Gasteiger partial charge is 0.266 e. The summed E-state index contributed by atoms with van der Waals surface area (Å²) in [6.45, 7) is 0.0762. The molecule has 0 unspecified atom stereocenters. The van der Waals surface area contributed by atoms with E-state index in [2.05, 4.69) is 10.2 Å². The first-order valence-corrected chi connectivity index (χ1v) is 9.60. The van der Waals surface area contributed by atoms with Gasteiger partial charge in [-0.3, -0.25) is 8.71 Å². The van der Waals surface area contributed by atoms with E-state index in [0.717, 1.165) is 5.56 Å². The van der Waals surface area contributed by atoms with E-state index < -0.39 is 15.8 Å². The van der Waals surface area contributed by atoms with Crippen molar-refractivity contribution in [2.45, 2.75) is 11.4 Å². The first kappa shape index (κ1) is 17.2. The van der Waals surface area contributed by atoms with E-state index in [4.69, 9.17) is 0 Å². The molecule has 4 aromatic rings. The molecule has 0 fully saturated rings. The topological polar surface area (TPSA) is 67.6 Å². The van der Waals surface area contributed by atoms with Crippen molar-refractivity contribution < 1.29 is 12.8 Å². The van der Waals surface area contributed by atoms with Crippen LogP contribution in [0.25, 0.3) is 5.65 Å². The summed E-state index contributed by atoms with van der Waals surface area (Å²) < 4.78 is 43.2. The highest BCUT2D eigenvalue weighted by Gasteiger charge is 2.26. The quantitative estimate of drug-likeness (QED) is 0.531. The van der Waals surface area contributed by atoms with Crippen LogP contribution in [0.4, 0.5) is 10.1 Å². The lowest BCUT2D eigenvalue weighted by molar-refractivity contribution is 0.589. The Hall–Kier alpha value is -3.26. The Bertz CT molecular complexity index is 1190. The molecule has 136 valence electrons. The Kier molecular flexibility index (Phi) is 4.33. The van der Waals surface area contributed by atoms with Crippen LogP contribution >= 0.6 is 0 Å². The highest BCUT2D eigenvalue weighted by Crippen LogP contribution is 2.26. The maximum atomic E-state index is 13.8. The number of anilines is 1. The summed E-state index contributed by atoms with van der Waals surface area (Å²) in [5, 5.41) is 7.64. The number of benzene rings is 2. The van der Waals surface area contributed by atoms with E-state index in [1.807, 2.05) is 30.3 Å². The highest BCUT2D eigenvalue weighted by molar-refractivity contribution is 7.92. The number of rotatable bonds is 5. The summed E-state index contributed by atoms with van der Waals surface area (Å²) in [5.41, 5.74) is 1.58. The van der Waals surface area contributed by atoms with Crippen LogP contribution in [0.2, 0.25) is 0 Å². The molecule has 2 aromatic heterocycles. The maximum Gasteiger partial charge on any atom is 0.266 e. The largest absolute Gasteiger partial charge is 0.288 e. The Balaban J connectivity index is 1.83. The standard InChI is InChI=1S/C19H15FN4O2S/c20-16-7-4-8-17(11-16)24(12-15-5-2-1-3-6-15)27(25,26)18-9-10-19-22-21-14-23(19)13-18/h1-11,13-14H,12H2. The number of fused-ring (bicyclic) bond motifs is 1. The molecule has 6 nitrogen and oxygen atoms in total. The van der Waals surface area contributed by atoms with Crippen molar-refractivity contribution >= 4 is 21.4 Å². The molecule has 4 rings (SSSR count). The Morgan fingerprint density at radius 2 is 1.81 bits per heavy atom. The number of sulfonamides is 1. The van der Waals surface area contributed by atoms with Crippen LogP contribution in [0, 0.1) is 5.82 Å². The minimum Gasteiger partial charge on any atom is -0.288 e. The van der Waals surface area contributed by atoms with Gasteiger partial charge in [0, 0.05) is 6.20 Å². The van der Waals surface area contributed by atoms with Crippen LogP contribution in [-0.2, 0) is 16.6 Å². The molecule has 0 atom stereocenters. The first-order valence-electron chi connectivity index (χ1n) is 8.16. The minimum atomic E-state index is -3.95. The SMILES string of the molecule is O=S(=O)(c1ccc2nncn2c1)N(Cc1ccccc1)c1cccc(F)c1. The van der Waals surface area contributed by atoms with Crippen molar-refractivity contribution in [2.75, 3.05) is 4.31 Å². The van der Waals surface area contributed by atoms with Crippen molar-refractivity contribution in [3.63, 3.8) is 0 Å². The van der Waals surface area contributed by atoms with E-state index >= 15 is 0 Å². The molecule has 0 bridgehead atoms. The van der Waals surface area contributed by atoms with Gasteiger partial charge in [0.25, 0.3) is 10.0 Å². The lowest BCUT2D eigenvalue weighted by Gasteiger charge is -2.24. The Labute approximate surface area is 155 Å². The number of pyridine rings is 1. The van der Waals surface area contributed by atoms with Crippen LogP contribution in [0.3, 0.4) is 0 Å². The lowest BCUT2D eigenvalue weighted by atomic mass is 10.2. The van der Waals surface area contributed by atoms with Crippen molar-refractivity contribution in [3.05, 3.63) is 90.6 Å². The average Bonchev–Trinajstić information content (AvgIpc) is 3.14. The molecule has 0 spiro atoms. The molecule has 2 aromatic carbocycles. The number of nitrogens with zero attached hydrogens (tertiary/aromatic N) is 4. The van der Waals surface area contributed by atoms with Gasteiger partial charge in [-0.25, -0.2) is 12.8 Å². The summed E-state index contributed by atoms with van der Waals surface area (Å²) in [4.78, 5) is 0.0648. The average molecular weight is 382 g/mol. The van der Waals surface area contributed by atoms with Crippen molar-refractivity contribution in [1.82, 2.24) is 14.6 Å². The third-order valence-electron chi connectivity index (χ3n) is 4.12. The highest BCUT2D eigenvalue weighted by atomic mass is 32.2. The van der Waals surface area contributed by atoms with Gasteiger partial charge in [0.2, 0.25) is 0 Å². The minimum absolute atomic E-state index is 0.0648. The van der Waals surface area contributed by atoms with Crippen LogP contribution in [0.5, 0.6) is 0 Å². The zero-order valence-electron chi connectivity index (χ0n) is 14.1. The van der Waals surface area contributed by atoms with Gasteiger partial charge in [0.05, 0.1) is 12.2 Å². The van der Waals surface area contributed by atoms with E-state index in [-0.39, 0.29) is 17.1 Å². The van der Waals surface area contributed by atoms with Gasteiger partial charge in [-0.15, -0.1) is 10.2 Å². The predicted molar refractivity (Wildman–Crippen MR) is 99.2 cm³/mol. The number of hydrogen-bond acceptors (Lipinski definition) is 4. The summed E-state index contributed by atoms with van der Waals surface area (Å²) >= 11 is 0. The van der Waals surface area contributed by atoms with Gasteiger partial charge in [0.15, 0.2) is 5.65 Å². The third kappa shape index (κ3) is 3.39. The van der Waals surface area contributed by atoms with Crippen LogP contribution < -0.4 is 4.31 Å². The van der Waals surface area contributed by atoms with Gasteiger partial charge < -0.3 is 0 Å². The maximum absolute atomic E-state index is 13.8. The number of hydrogen-bond donors (Lipinski definition) is 0. The molecule has 27 heavy (non-hydrogen) atoms. The molecule has 0 aliphatic rings. The second kappa shape index (κ2) is 6.81. The number of halogens is 1. The van der Waals surface area contributed by atoms with Crippen molar-refractivity contribution in [1.29, 1.82) is 0 Å². The second-order valence-electron chi connectivity index (χ2n) is 5.94. The molecule has 0 saturated heterocycles.